The van der Waals surface area contributed by atoms with E-state index >= 15 is 0 Å². The number of rotatable bonds is 1. The van der Waals surface area contributed by atoms with E-state index in [1.54, 1.807) is 12.0 Å². The third-order valence-electron chi connectivity index (χ3n) is 2.49. The van der Waals surface area contributed by atoms with Crippen LogP contribution < -0.4 is 4.84 Å². The fourth-order valence-electron chi connectivity index (χ4n) is 1.76. The predicted molar refractivity (Wildman–Crippen MR) is 45.9 cm³/mol. The second kappa shape index (κ2) is 2.81. The number of aromatic nitrogens is 2. The van der Waals surface area contributed by atoms with Crippen molar-refractivity contribution in [2.24, 2.45) is 5.92 Å². The maximum absolute atomic E-state index is 5.01. The van der Waals surface area contributed by atoms with E-state index in [2.05, 4.69) is 12.0 Å². The Morgan fingerprint density at radius 2 is 2.50 bits per heavy atom. The summed E-state index contributed by atoms with van der Waals surface area (Å²) in [6.45, 7) is 2.28. The molecule has 12 heavy (non-hydrogen) atoms. The van der Waals surface area contributed by atoms with Gasteiger partial charge in [0.25, 0.3) is 0 Å². The Morgan fingerprint density at radius 3 is 3.25 bits per heavy atom. The van der Waals surface area contributed by atoms with Crippen LogP contribution in [0.4, 0.5) is 0 Å². The Hall–Kier alpha value is -0.990. The summed E-state index contributed by atoms with van der Waals surface area (Å²) in [5, 5.41) is 4.30. The van der Waals surface area contributed by atoms with E-state index < -0.39 is 0 Å². The number of hydrogen-bond donors (Lipinski definition) is 0. The first-order chi connectivity index (χ1) is 5.79. The zero-order valence-electron chi connectivity index (χ0n) is 7.58. The van der Waals surface area contributed by atoms with Gasteiger partial charge in [0.05, 0.1) is 11.9 Å². The number of aryl methyl sites for hydroxylation is 1. The SMILES string of the molecule is COn1cc2c(n1)CCC(C)C2. The highest BCUT2D eigenvalue weighted by molar-refractivity contribution is 5.20. The van der Waals surface area contributed by atoms with Crippen LogP contribution in [0.25, 0.3) is 0 Å². The van der Waals surface area contributed by atoms with Gasteiger partial charge in [0.2, 0.25) is 0 Å². The van der Waals surface area contributed by atoms with Gasteiger partial charge in [-0.2, -0.15) is 0 Å². The van der Waals surface area contributed by atoms with Crippen molar-refractivity contribution in [1.29, 1.82) is 0 Å². The molecule has 2 rings (SSSR count). The van der Waals surface area contributed by atoms with Crippen molar-refractivity contribution in [3.05, 3.63) is 17.5 Å². The van der Waals surface area contributed by atoms with E-state index in [1.807, 2.05) is 6.20 Å². The molecule has 0 N–H and O–H groups in total. The average Bonchev–Trinajstić information content (AvgIpc) is 2.46. The lowest BCUT2D eigenvalue weighted by Crippen LogP contribution is -2.09. The first-order valence-electron chi connectivity index (χ1n) is 4.41. The number of hydrogen-bond acceptors (Lipinski definition) is 2. The van der Waals surface area contributed by atoms with E-state index in [-0.39, 0.29) is 0 Å². The topological polar surface area (TPSA) is 27.1 Å². The van der Waals surface area contributed by atoms with Crippen molar-refractivity contribution >= 4 is 0 Å². The third-order valence-corrected chi connectivity index (χ3v) is 2.49. The quantitative estimate of drug-likeness (QED) is 0.624. The minimum absolute atomic E-state index is 0.798. The molecule has 1 heterocycles. The molecule has 0 radical (unpaired) electrons. The summed E-state index contributed by atoms with van der Waals surface area (Å²) in [5.41, 5.74) is 2.57. The van der Waals surface area contributed by atoms with Gasteiger partial charge in [-0.05, 0) is 30.7 Å². The molecule has 0 fully saturated rings. The molecule has 1 aliphatic carbocycles. The lowest BCUT2D eigenvalue weighted by atomic mass is 9.89. The monoisotopic (exact) mass is 166 g/mol. The fourth-order valence-corrected chi connectivity index (χ4v) is 1.76. The van der Waals surface area contributed by atoms with Crippen molar-refractivity contribution in [2.45, 2.75) is 26.2 Å². The molecule has 0 aliphatic heterocycles. The summed E-state index contributed by atoms with van der Waals surface area (Å²) in [6.07, 6.45) is 5.50. The largest absolute Gasteiger partial charge is 0.400 e. The molecule has 0 amide bonds. The van der Waals surface area contributed by atoms with Gasteiger partial charge in [0, 0.05) is 0 Å². The molecule has 3 heteroatoms. The maximum Gasteiger partial charge on any atom is 0.106 e. The van der Waals surface area contributed by atoms with Crippen molar-refractivity contribution in [3.8, 4) is 0 Å². The minimum Gasteiger partial charge on any atom is -0.400 e. The Labute approximate surface area is 72.3 Å². The summed E-state index contributed by atoms with van der Waals surface area (Å²) in [6, 6.07) is 0. The van der Waals surface area contributed by atoms with Crippen molar-refractivity contribution in [3.63, 3.8) is 0 Å². The van der Waals surface area contributed by atoms with Crippen LogP contribution in [0.2, 0.25) is 0 Å². The van der Waals surface area contributed by atoms with Gasteiger partial charge in [-0.15, -0.1) is 9.94 Å². The molecule has 0 saturated carbocycles. The molecular formula is C9H14N2O. The summed E-state index contributed by atoms with van der Waals surface area (Å²) in [4.78, 5) is 6.57. The van der Waals surface area contributed by atoms with Crippen LogP contribution in [0.1, 0.15) is 24.6 Å². The molecule has 1 aliphatic rings. The second-order valence-corrected chi connectivity index (χ2v) is 3.53. The van der Waals surface area contributed by atoms with Crippen molar-refractivity contribution < 1.29 is 4.84 Å². The van der Waals surface area contributed by atoms with Gasteiger partial charge >= 0.3 is 0 Å². The molecule has 66 valence electrons. The van der Waals surface area contributed by atoms with Crippen molar-refractivity contribution in [2.75, 3.05) is 7.11 Å². The minimum atomic E-state index is 0.798. The molecule has 0 aromatic carbocycles. The highest BCUT2D eigenvalue weighted by Gasteiger charge is 2.18. The van der Waals surface area contributed by atoms with E-state index in [9.17, 15) is 0 Å². The van der Waals surface area contributed by atoms with Gasteiger partial charge in [-0.3, -0.25) is 0 Å². The number of nitrogens with zero attached hydrogens (tertiary/aromatic N) is 2. The molecule has 1 atom stereocenters. The third kappa shape index (κ3) is 1.19. The standard InChI is InChI=1S/C9H14N2O/c1-7-3-4-9-8(5-7)6-11(10-9)12-2/h6-7H,3-5H2,1-2H3. The van der Waals surface area contributed by atoms with Crippen LogP contribution in [0.3, 0.4) is 0 Å². The summed E-state index contributed by atoms with van der Waals surface area (Å²) in [5.74, 6) is 0.798. The Balaban J connectivity index is 2.28. The average molecular weight is 166 g/mol. The number of fused-ring (bicyclic) bond motifs is 1. The van der Waals surface area contributed by atoms with Gasteiger partial charge in [0.15, 0.2) is 0 Å². The van der Waals surface area contributed by atoms with Crippen LogP contribution in [0, 0.1) is 5.92 Å². The Bertz CT molecular complexity index is 280. The Kier molecular flexibility index (Phi) is 1.79. The fraction of sp³-hybridized carbons (Fsp3) is 0.667. The molecule has 1 unspecified atom stereocenters. The first kappa shape index (κ1) is 7.65. The zero-order valence-corrected chi connectivity index (χ0v) is 7.58. The molecule has 3 nitrogen and oxygen atoms in total. The molecule has 0 spiro atoms. The Morgan fingerprint density at radius 1 is 1.67 bits per heavy atom. The van der Waals surface area contributed by atoms with E-state index in [4.69, 9.17) is 4.84 Å². The zero-order chi connectivity index (χ0) is 8.55. The summed E-state index contributed by atoms with van der Waals surface area (Å²) in [7, 11) is 1.64. The normalized spacial score (nSPS) is 22.0. The predicted octanol–water partition coefficient (Wildman–Crippen LogP) is 1.07. The summed E-state index contributed by atoms with van der Waals surface area (Å²) >= 11 is 0. The van der Waals surface area contributed by atoms with Crippen LogP contribution >= 0.6 is 0 Å². The van der Waals surface area contributed by atoms with Crippen LogP contribution in [-0.4, -0.2) is 17.1 Å². The highest BCUT2D eigenvalue weighted by atomic mass is 16.7. The van der Waals surface area contributed by atoms with Gasteiger partial charge in [0.1, 0.15) is 7.11 Å². The van der Waals surface area contributed by atoms with Crippen LogP contribution in [-0.2, 0) is 12.8 Å². The van der Waals surface area contributed by atoms with E-state index in [1.165, 1.54) is 17.7 Å². The van der Waals surface area contributed by atoms with E-state index in [0.29, 0.717) is 0 Å². The highest BCUT2D eigenvalue weighted by Crippen LogP contribution is 2.23. The van der Waals surface area contributed by atoms with Gasteiger partial charge < -0.3 is 4.84 Å². The van der Waals surface area contributed by atoms with Crippen LogP contribution in [0.5, 0.6) is 0 Å². The van der Waals surface area contributed by atoms with Crippen LogP contribution in [0.15, 0.2) is 6.20 Å². The second-order valence-electron chi connectivity index (χ2n) is 3.53. The molecule has 1 aromatic rings. The van der Waals surface area contributed by atoms with E-state index in [0.717, 1.165) is 18.8 Å². The van der Waals surface area contributed by atoms with Gasteiger partial charge in [-0.1, -0.05) is 6.92 Å². The molecule has 0 saturated heterocycles. The van der Waals surface area contributed by atoms with Crippen molar-refractivity contribution in [1.82, 2.24) is 9.94 Å². The molecular weight excluding hydrogens is 152 g/mol. The maximum atomic E-state index is 5.01. The lowest BCUT2D eigenvalue weighted by molar-refractivity contribution is 0.133. The lowest BCUT2D eigenvalue weighted by Gasteiger charge is -2.15. The van der Waals surface area contributed by atoms with Gasteiger partial charge in [-0.25, -0.2) is 0 Å². The first-order valence-corrected chi connectivity index (χ1v) is 4.41. The smallest absolute Gasteiger partial charge is 0.106 e. The summed E-state index contributed by atoms with van der Waals surface area (Å²) < 4.78 is 0. The molecule has 0 bridgehead atoms. The molecule has 1 aromatic heterocycles.